The van der Waals surface area contributed by atoms with E-state index in [1.165, 1.54) is 4.90 Å². The molecule has 5 nitrogen and oxygen atoms in total. The molecule has 140 valence electrons. The lowest BCUT2D eigenvalue weighted by atomic mass is 10.2. The monoisotopic (exact) mass is 389 g/mol. The molecular formula is C22H19N3O2S. The molecule has 0 saturated carbocycles. The molecule has 1 aliphatic heterocycles. The van der Waals surface area contributed by atoms with Crippen molar-refractivity contribution in [1.29, 1.82) is 0 Å². The molecule has 1 aromatic carbocycles. The van der Waals surface area contributed by atoms with Gasteiger partial charge in [-0.25, -0.2) is 9.88 Å². The molecule has 1 fully saturated rings. The van der Waals surface area contributed by atoms with Crippen LogP contribution in [0.4, 0.5) is 10.5 Å². The van der Waals surface area contributed by atoms with Gasteiger partial charge in [-0.05, 0) is 80.1 Å². The highest BCUT2D eigenvalue weighted by Crippen LogP contribution is 2.36. The van der Waals surface area contributed by atoms with E-state index in [4.69, 9.17) is 0 Å². The van der Waals surface area contributed by atoms with Gasteiger partial charge in [0.1, 0.15) is 5.82 Å². The molecule has 6 heteroatoms. The molecule has 0 atom stereocenters. The Bertz CT molecular complexity index is 1120. The van der Waals surface area contributed by atoms with Crippen LogP contribution in [0.15, 0.2) is 59.6 Å². The second kappa shape index (κ2) is 7.13. The molecule has 28 heavy (non-hydrogen) atoms. The average molecular weight is 389 g/mol. The van der Waals surface area contributed by atoms with Crippen molar-refractivity contribution in [3.05, 3.63) is 82.1 Å². The normalized spacial score (nSPS) is 15.7. The maximum Gasteiger partial charge on any atom is 0.298 e. The van der Waals surface area contributed by atoms with Gasteiger partial charge in [-0.2, -0.15) is 0 Å². The Morgan fingerprint density at radius 2 is 1.75 bits per heavy atom. The number of para-hydroxylation sites is 1. The zero-order valence-electron chi connectivity index (χ0n) is 15.8. The van der Waals surface area contributed by atoms with E-state index in [0.717, 1.165) is 40.1 Å². The maximum atomic E-state index is 12.8. The predicted octanol–water partition coefficient (Wildman–Crippen LogP) is 5.04. The van der Waals surface area contributed by atoms with Crippen LogP contribution in [-0.2, 0) is 4.79 Å². The molecular weight excluding hydrogens is 370 g/mol. The van der Waals surface area contributed by atoms with Crippen LogP contribution >= 0.6 is 11.8 Å². The molecule has 0 unspecified atom stereocenters. The molecule has 4 rings (SSSR count). The summed E-state index contributed by atoms with van der Waals surface area (Å²) >= 11 is 0.967. The average Bonchev–Trinajstić information content (AvgIpc) is 3.11. The second-order valence-electron chi connectivity index (χ2n) is 6.71. The zero-order chi connectivity index (χ0) is 19.8. The third-order valence-electron chi connectivity index (χ3n) is 4.70. The summed E-state index contributed by atoms with van der Waals surface area (Å²) in [6.45, 7) is 6.02. The molecule has 2 amide bonds. The number of nitrogens with zero attached hydrogens (tertiary/aromatic N) is 3. The summed E-state index contributed by atoms with van der Waals surface area (Å²) in [4.78, 5) is 31.4. The Morgan fingerprint density at radius 1 is 1.00 bits per heavy atom. The van der Waals surface area contributed by atoms with Gasteiger partial charge < -0.3 is 4.57 Å². The van der Waals surface area contributed by atoms with Crippen LogP contribution in [0.25, 0.3) is 11.9 Å². The number of anilines is 1. The molecule has 2 aromatic heterocycles. The first-order chi connectivity index (χ1) is 13.5. The summed E-state index contributed by atoms with van der Waals surface area (Å²) in [6, 6.07) is 15.0. The van der Waals surface area contributed by atoms with Crippen molar-refractivity contribution in [3.8, 4) is 5.82 Å². The number of amides is 2. The van der Waals surface area contributed by atoms with Crippen LogP contribution < -0.4 is 4.90 Å². The van der Waals surface area contributed by atoms with Crippen molar-refractivity contribution < 1.29 is 9.59 Å². The number of hydrogen-bond donors (Lipinski definition) is 0. The standard InChI is InChI=1S/C22H19N3O2S/c1-14-9-10-23-20(11-14)24-15(2)12-17(16(24)3)13-19-21(26)25(22(27)28-19)18-7-5-4-6-8-18/h4-13H,1-3H3. The molecule has 0 aliphatic carbocycles. The topological polar surface area (TPSA) is 55.2 Å². The lowest BCUT2D eigenvalue weighted by Gasteiger charge is -2.11. The fourth-order valence-electron chi connectivity index (χ4n) is 3.34. The van der Waals surface area contributed by atoms with E-state index in [1.54, 1.807) is 24.4 Å². The van der Waals surface area contributed by atoms with Gasteiger partial charge in [0.2, 0.25) is 0 Å². The molecule has 0 bridgehead atoms. The number of pyridine rings is 1. The number of benzene rings is 1. The van der Waals surface area contributed by atoms with Gasteiger partial charge in [-0.1, -0.05) is 18.2 Å². The van der Waals surface area contributed by atoms with Crippen molar-refractivity contribution in [2.45, 2.75) is 20.8 Å². The Kier molecular flexibility index (Phi) is 4.65. The number of aryl methyl sites for hydroxylation is 2. The lowest BCUT2D eigenvalue weighted by Crippen LogP contribution is -2.27. The lowest BCUT2D eigenvalue weighted by molar-refractivity contribution is -0.113. The van der Waals surface area contributed by atoms with Crippen molar-refractivity contribution >= 4 is 34.7 Å². The Balaban J connectivity index is 1.72. The van der Waals surface area contributed by atoms with Gasteiger partial charge in [-0.3, -0.25) is 9.59 Å². The highest BCUT2D eigenvalue weighted by atomic mass is 32.2. The highest BCUT2D eigenvalue weighted by molar-refractivity contribution is 8.19. The van der Waals surface area contributed by atoms with E-state index in [2.05, 4.69) is 9.55 Å². The first kappa shape index (κ1) is 18.3. The van der Waals surface area contributed by atoms with E-state index < -0.39 is 0 Å². The minimum atomic E-state index is -0.292. The third-order valence-corrected chi connectivity index (χ3v) is 5.56. The molecule has 0 N–H and O–H groups in total. The van der Waals surface area contributed by atoms with Gasteiger partial charge in [0.15, 0.2) is 0 Å². The predicted molar refractivity (Wildman–Crippen MR) is 113 cm³/mol. The molecule has 3 heterocycles. The molecule has 0 spiro atoms. The largest absolute Gasteiger partial charge is 0.303 e. The number of imide groups is 1. The van der Waals surface area contributed by atoms with Crippen molar-refractivity contribution in [1.82, 2.24) is 9.55 Å². The third kappa shape index (κ3) is 3.16. The Morgan fingerprint density at radius 3 is 2.46 bits per heavy atom. The fraction of sp³-hybridized carbons (Fsp3) is 0.136. The Labute approximate surface area is 167 Å². The maximum absolute atomic E-state index is 12.8. The smallest absolute Gasteiger partial charge is 0.298 e. The second-order valence-corrected chi connectivity index (χ2v) is 7.70. The fourth-order valence-corrected chi connectivity index (χ4v) is 4.17. The van der Waals surface area contributed by atoms with Crippen molar-refractivity contribution in [3.63, 3.8) is 0 Å². The minimum absolute atomic E-state index is 0.281. The van der Waals surface area contributed by atoms with Gasteiger partial charge in [-0.15, -0.1) is 0 Å². The SMILES string of the molecule is Cc1ccnc(-n2c(C)cc(C=C3SC(=O)N(c4ccccc4)C3=O)c2C)c1. The van der Waals surface area contributed by atoms with Crippen LogP contribution in [0.2, 0.25) is 0 Å². The summed E-state index contributed by atoms with van der Waals surface area (Å²) < 4.78 is 2.06. The summed E-state index contributed by atoms with van der Waals surface area (Å²) in [5.74, 6) is 0.548. The van der Waals surface area contributed by atoms with E-state index >= 15 is 0 Å². The van der Waals surface area contributed by atoms with E-state index in [-0.39, 0.29) is 11.1 Å². The van der Waals surface area contributed by atoms with E-state index in [1.807, 2.05) is 57.2 Å². The summed E-state index contributed by atoms with van der Waals surface area (Å²) in [5.41, 5.74) is 4.61. The summed E-state index contributed by atoms with van der Waals surface area (Å²) in [5, 5.41) is -0.281. The van der Waals surface area contributed by atoms with Crippen molar-refractivity contribution in [2.75, 3.05) is 4.90 Å². The van der Waals surface area contributed by atoms with Gasteiger partial charge >= 0.3 is 0 Å². The first-order valence-corrected chi connectivity index (χ1v) is 9.72. The zero-order valence-corrected chi connectivity index (χ0v) is 16.7. The number of thioether (sulfide) groups is 1. The number of hydrogen-bond acceptors (Lipinski definition) is 4. The Hall–Kier alpha value is -3.12. The first-order valence-electron chi connectivity index (χ1n) is 8.90. The van der Waals surface area contributed by atoms with Crippen LogP contribution in [0, 0.1) is 20.8 Å². The number of aromatic nitrogens is 2. The van der Waals surface area contributed by atoms with Crippen molar-refractivity contribution in [2.24, 2.45) is 0 Å². The number of carbonyl (C=O) groups excluding carboxylic acids is 2. The molecule has 1 saturated heterocycles. The number of rotatable bonds is 3. The summed E-state index contributed by atoms with van der Waals surface area (Å²) in [7, 11) is 0. The van der Waals surface area contributed by atoms with Crippen LogP contribution in [-0.4, -0.2) is 20.7 Å². The minimum Gasteiger partial charge on any atom is -0.303 e. The van der Waals surface area contributed by atoms with E-state index in [9.17, 15) is 9.59 Å². The van der Waals surface area contributed by atoms with Gasteiger partial charge in [0, 0.05) is 17.6 Å². The van der Waals surface area contributed by atoms with Gasteiger partial charge in [0.25, 0.3) is 11.1 Å². The van der Waals surface area contributed by atoms with E-state index in [0.29, 0.717) is 10.6 Å². The molecule has 0 radical (unpaired) electrons. The molecule has 3 aromatic rings. The quantitative estimate of drug-likeness (QED) is 0.589. The summed E-state index contributed by atoms with van der Waals surface area (Å²) in [6.07, 6.45) is 3.58. The van der Waals surface area contributed by atoms with Crippen LogP contribution in [0.3, 0.4) is 0 Å². The number of carbonyl (C=O) groups is 2. The van der Waals surface area contributed by atoms with Crippen LogP contribution in [0.1, 0.15) is 22.5 Å². The molecule has 1 aliphatic rings. The van der Waals surface area contributed by atoms with Crippen LogP contribution in [0.5, 0.6) is 0 Å². The highest BCUT2D eigenvalue weighted by Gasteiger charge is 2.36. The van der Waals surface area contributed by atoms with Gasteiger partial charge in [0.05, 0.1) is 10.6 Å².